The Morgan fingerprint density at radius 1 is 1.11 bits per heavy atom. The summed E-state index contributed by atoms with van der Waals surface area (Å²) in [6.45, 7) is 6.10. The molecule has 0 spiro atoms. The Kier molecular flexibility index (Phi) is 5.46. The number of aromatic nitrogens is 2. The lowest BCUT2D eigenvalue weighted by Gasteiger charge is -2.12. The largest absolute Gasteiger partial charge is 0.447 e. The zero-order valence-electron chi connectivity index (χ0n) is 15.5. The third-order valence-electron chi connectivity index (χ3n) is 4.50. The molecule has 1 aliphatic heterocycles. The Hall–Kier alpha value is -1.72. The molecule has 0 amide bonds. The summed E-state index contributed by atoms with van der Waals surface area (Å²) in [5, 5.41) is 2.52. The molecule has 2 aromatic rings. The molecule has 1 aliphatic rings. The maximum absolute atomic E-state index is 12.6. The molecule has 1 fully saturated rings. The number of hydrogen-bond acceptors (Lipinski definition) is 8. The molecule has 11 heteroatoms. The van der Waals surface area contributed by atoms with Crippen molar-refractivity contribution in [3.8, 4) is 0 Å². The van der Waals surface area contributed by atoms with Gasteiger partial charge in [0.2, 0.25) is 11.0 Å². The Labute approximate surface area is 158 Å². The van der Waals surface area contributed by atoms with E-state index >= 15 is 0 Å². The summed E-state index contributed by atoms with van der Waals surface area (Å²) in [7, 11) is -7.45. The lowest BCUT2D eigenvalue weighted by Crippen LogP contribution is -2.27. The van der Waals surface area contributed by atoms with Gasteiger partial charge in [0, 0.05) is 19.0 Å². The molecule has 2 aromatic heterocycles. The van der Waals surface area contributed by atoms with Gasteiger partial charge in [-0.3, -0.25) is 0 Å². The Balaban J connectivity index is 1.77. The van der Waals surface area contributed by atoms with Gasteiger partial charge >= 0.3 is 0 Å². The van der Waals surface area contributed by atoms with Gasteiger partial charge < -0.3 is 8.94 Å². The summed E-state index contributed by atoms with van der Waals surface area (Å²) >= 11 is 0. The van der Waals surface area contributed by atoms with Crippen molar-refractivity contribution < 1.29 is 25.8 Å². The van der Waals surface area contributed by atoms with Gasteiger partial charge in [0.15, 0.2) is 15.7 Å². The number of nitrogens with zero attached hydrogens (tertiary/aromatic N) is 3. The number of furan rings is 1. The zero-order chi connectivity index (χ0) is 19.8. The SMILES string of the molecule is CC(C)c1noc([C@@H](C)S(=O)(=O)Cc2ccc(S(=O)(=O)N3CCCC3)o2)n1. The fourth-order valence-corrected chi connectivity index (χ4v) is 5.40. The first kappa shape index (κ1) is 20.0. The van der Waals surface area contributed by atoms with E-state index in [1.54, 1.807) is 0 Å². The predicted octanol–water partition coefficient (Wildman–Crippen LogP) is 2.25. The van der Waals surface area contributed by atoms with Gasteiger partial charge in [0.25, 0.3) is 10.0 Å². The lowest BCUT2D eigenvalue weighted by atomic mass is 10.2. The second-order valence-electron chi connectivity index (χ2n) is 6.93. The molecule has 3 rings (SSSR count). The van der Waals surface area contributed by atoms with Crippen molar-refractivity contribution in [2.75, 3.05) is 13.1 Å². The van der Waals surface area contributed by atoms with Gasteiger partial charge in [-0.1, -0.05) is 19.0 Å². The van der Waals surface area contributed by atoms with E-state index in [9.17, 15) is 16.8 Å². The zero-order valence-corrected chi connectivity index (χ0v) is 17.1. The molecular formula is C16H23N3O6S2. The highest BCUT2D eigenvalue weighted by Crippen LogP contribution is 2.28. The van der Waals surface area contributed by atoms with Crippen molar-refractivity contribution in [1.82, 2.24) is 14.4 Å². The van der Waals surface area contributed by atoms with Gasteiger partial charge in [0.05, 0.1) is 0 Å². The molecule has 0 bridgehead atoms. The number of sulfone groups is 1. The number of hydrogen-bond donors (Lipinski definition) is 0. The van der Waals surface area contributed by atoms with Gasteiger partial charge in [-0.25, -0.2) is 16.8 Å². The van der Waals surface area contributed by atoms with E-state index in [4.69, 9.17) is 8.94 Å². The Morgan fingerprint density at radius 2 is 1.78 bits per heavy atom. The summed E-state index contributed by atoms with van der Waals surface area (Å²) in [6.07, 6.45) is 1.61. The minimum atomic E-state index is -3.73. The van der Waals surface area contributed by atoms with Crippen molar-refractivity contribution in [3.05, 3.63) is 29.6 Å². The van der Waals surface area contributed by atoms with E-state index in [2.05, 4.69) is 10.1 Å². The average molecular weight is 418 g/mol. The molecule has 0 N–H and O–H groups in total. The van der Waals surface area contributed by atoms with Crippen LogP contribution in [0.15, 0.2) is 26.2 Å². The maximum Gasteiger partial charge on any atom is 0.276 e. The molecule has 0 aromatic carbocycles. The van der Waals surface area contributed by atoms with Crippen molar-refractivity contribution in [2.45, 2.75) is 55.6 Å². The normalized spacial score (nSPS) is 17.6. The molecular weight excluding hydrogens is 394 g/mol. The van der Waals surface area contributed by atoms with Crippen LogP contribution >= 0.6 is 0 Å². The van der Waals surface area contributed by atoms with Crippen LogP contribution in [-0.2, 0) is 25.6 Å². The van der Waals surface area contributed by atoms with Gasteiger partial charge in [-0.15, -0.1) is 0 Å². The maximum atomic E-state index is 12.6. The van der Waals surface area contributed by atoms with E-state index in [-0.39, 0.29) is 22.7 Å². The van der Waals surface area contributed by atoms with Crippen LogP contribution in [0.5, 0.6) is 0 Å². The van der Waals surface area contributed by atoms with Crippen LogP contribution in [0.25, 0.3) is 0 Å². The summed E-state index contributed by atoms with van der Waals surface area (Å²) in [5.41, 5.74) is 0. The Bertz CT molecular complexity index is 1000. The quantitative estimate of drug-likeness (QED) is 0.672. The first-order chi connectivity index (χ1) is 12.6. The van der Waals surface area contributed by atoms with Crippen molar-refractivity contribution in [1.29, 1.82) is 0 Å². The third-order valence-corrected chi connectivity index (χ3v) is 8.24. The Morgan fingerprint density at radius 3 is 2.37 bits per heavy atom. The van der Waals surface area contributed by atoms with Crippen molar-refractivity contribution in [3.63, 3.8) is 0 Å². The highest BCUT2D eigenvalue weighted by Gasteiger charge is 2.33. The van der Waals surface area contributed by atoms with E-state index in [0.29, 0.717) is 18.9 Å². The minimum absolute atomic E-state index is 0.00941. The smallest absolute Gasteiger partial charge is 0.276 e. The highest BCUT2D eigenvalue weighted by atomic mass is 32.2. The molecule has 9 nitrogen and oxygen atoms in total. The van der Waals surface area contributed by atoms with Gasteiger partial charge in [0.1, 0.15) is 16.8 Å². The second kappa shape index (κ2) is 7.36. The van der Waals surface area contributed by atoms with Crippen molar-refractivity contribution in [2.24, 2.45) is 0 Å². The fraction of sp³-hybridized carbons (Fsp3) is 0.625. The molecule has 0 radical (unpaired) electrons. The molecule has 150 valence electrons. The predicted molar refractivity (Wildman–Crippen MR) is 96.1 cm³/mol. The summed E-state index contributed by atoms with van der Waals surface area (Å²) in [6, 6.07) is 2.67. The van der Waals surface area contributed by atoms with Crippen LogP contribution < -0.4 is 0 Å². The van der Waals surface area contributed by atoms with E-state index in [0.717, 1.165) is 12.8 Å². The van der Waals surface area contributed by atoms with Crippen LogP contribution in [0.3, 0.4) is 0 Å². The second-order valence-corrected chi connectivity index (χ2v) is 11.1. The third kappa shape index (κ3) is 4.09. The molecule has 0 unspecified atom stereocenters. The van der Waals surface area contributed by atoms with E-state index in [1.807, 2.05) is 13.8 Å². The molecule has 27 heavy (non-hydrogen) atoms. The van der Waals surface area contributed by atoms with Crippen LogP contribution in [0, 0.1) is 0 Å². The molecule has 1 atom stereocenters. The summed E-state index contributed by atoms with van der Waals surface area (Å²) in [4.78, 5) is 4.12. The number of sulfonamides is 1. The van der Waals surface area contributed by atoms with Gasteiger partial charge in [-0.05, 0) is 31.9 Å². The molecule has 0 aliphatic carbocycles. The highest BCUT2D eigenvalue weighted by molar-refractivity contribution is 7.90. The van der Waals surface area contributed by atoms with Gasteiger partial charge in [-0.2, -0.15) is 9.29 Å². The standard InChI is InChI=1S/C16H23N3O6S2/c1-11(2)15-17-16(25-18-15)12(3)26(20,21)10-13-6-7-14(24-13)27(22,23)19-8-4-5-9-19/h6-7,11-12H,4-5,8-10H2,1-3H3/t12-/m1/s1. The molecule has 3 heterocycles. The topological polar surface area (TPSA) is 124 Å². The minimum Gasteiger partial charge on any atom is -0.447 e. The van der Waals surface area contributed by atoms with Crippen LogP contribution in [-0.4, -0.2) is 44.4 Å². The molecule has 0 saturated carbocycles. The van der Waals surface area contributed by atoms with E-state index in [1.165, 1.54) is 23.4 Å². The first-order valence-corrected chi connectivity index (χ1v) is 11.9. The lowest BCUT2D eigenvalue weighted by molar-refractivity contribution is 0.368. The monoisotopic (exact) mass is 417 g/mol. The van der Waals surface area contributed by atoms with Crippen LogP contribution in [0.1, 0.15) is 62.3 Å². The first-order valence-electron chi connectivity index (χ1n) is 8.75. The number of rotatable bonds is 7. The van der Waals surface area contributed by atoms with Crippen LogP contribution in [0.2, 0.25) is 0 Å². The summed E-state index contributed by atoms with van der Waals surface area (Å²) < 4.78 is 62.0. The fourth-order valence-electron chi connectivity index (χ4n) is 2.75. The van der Waals surface area contributed by atoms with E-state index < -0.39 is 30.9 Å². The van der Waals surface area contributed by atoms with Crippen LogP contribution in [0.4, 0.5) is 0 Å². The van der Waals surface area contributed by atoms with Crippen molar-refractivity contribution >= 4 is 19.9 Å². The molecule has 1 saturated heterocycles. The average Bonchev–Trinajstić information content (AvgIpc) is 3.34. The summed E-state index contributed by atoms with van der Waals surface area (Å²) in [5.74, 6) is 0.0616.